The number of carbonyl (C=O) groups excluding carboxylic acids is 2. The lowest BCUT2D eigenvalue weighted by molar-refractivity contribution is 0.00770. The molecule has 0 aliphatic carbocycles. The van der Waals surface area contributed by atoms with Crippen LogP contribution in [0.15, 0.2) is 30.5 Å². The Kier molecular flexibility index (Phi) is 5.56. The van der Waals surface area contributed by atoms with E-state index >= 15 is 0 Å². The molecule has 2 aromatic rings. The summed E-state index contributed by atoms with van der Waals surface area (Å²) >= 11 is 0. The first-order valence-electron chi connectivity index (χ1n) is 9.26. The number of carbonyl (C=O) groups is 2. The fourth-order valence-electron chi connectivity index (χ4n) is 3.53. The summed E-state index contributed by atoms with van der Waals surface area (Å²) in [5.41, 5.74) is 1.83. The minimum atomic E-state index is -0.606. The van der Waals surface area contributed by atoms with E-state index in [2.05, 4.69) is 15.6 Å². The Balaban J connectivity index is 1.34. The van der Waals surface area contributed by atoms with Gasteiger partial charge in [-0.3, -0.25) is 10.1 Å². The van der Waals surface area contributed by atoms with Gasteiger partial charge in [-0.2, -0.15) is 0 Å². The van der Waals surface area contributed by atoms with Gasteiger partial charge in [0.15, 0.2) is 11.9 Å². The molecule has 10 nitrogen and oxygen atoms in total. The second-order valence-corrected chi connectivity index (χ2v) is 6.99. The Labute approximate surface area is 167 Å². The molecule has 2 aliphatic heterocycles. The molecule has 0 saturated carbocycles. The first kappa shape index (κ1) is 19.5. The number of methoxy groups -OCH3 is 1. The predicted octanol–water partition coefficient (Wildman–Crippen LogP) is 1.58. The lowest BCUT2D eigenvalue weighted by Gasteiger charge is -2.17. The highest BCUT2D eigenvalue weighted by atomic mass is 16.6. The molecular weight excluding hydrogens is 380 g/mol. The average molecular weight is 402 g/mol. The molecule has 2 saturated heterocycles. The normalized spacial score (nSPS) is 25.6. The number of benzene rings is 1. The molecule has 154 valence electrons. The van der Waals surface area contributed by atoms with Gasteiger partial charge in [-0.25, -0.2) is 9.48 Å². The van der Waals surface area contributed by atoms with E-state index in [1.54, 1.807) is 42.3 Å². The van der Waals surface area contributed by atoms with Gasteiger partial charge in [-0.15, -0.1) is 5.10 Å². The van der Waals surface area contributed by atoms with Gasteiger partial charge in [-0.1, -0.05) is 5.21 Å². The Hall–Kier alpha value is -2.82. The molecule has 2 aliphatic rings. The van der Waals surface area contributed by atoms with E-state index in [0.717, 1.165) is 5.69 Å². The average Bonchev–Trinajstić information content (AvgIpc) is 3.40. The number of anilines is 1. The monoisotopic (exact) mass is 402 g/mol. The second-order valence-electron chi connectivity index (χ2n) is 6.99. The summed E-state index contributed by atoms with van der Waals surface area (Å²) in [5, 5.41) is 10.8. The molecule has 3 heterocycles. The fourth-order valence-corrected chi connectivity index (χ4v) is 3.53. The lowest BCUT2D eigenvalue weighted by Crippen LogP contribution is -2.34. The summed E-state index contributed by atoms with van der Waals surface area (Å²) in [6, 6.07) is 6.45. The van der Waals surface area contributed by atoms with E-state index in [-0.39, 0.29) is 30.6 Å². The van der Waals surface area contributed by atoms with Gasteiger partial charge in [0.05, 0.1) is 26.0 Å². The van der Waals surface area contributed by atoms with Crippen molar-refractivity contribution in [1.29, 1.82) is 0 Å². The van der Waals surface area contributed by atoms with Crippen LogP contribution < -0.4 is 5.32 Å². The van der Waals surface area contributed by atoms with Gasteiger partial charge in [0, 0.05) is 18.4 Å². The molecular formula is C19H22N4O6. The third kappa shape index (κ3) is 4.14. The molecule has 0 bridgehead atoms. The van der Waals surface area contributed by atoms with Gasteiger partial charge < -0.3 is 18.9 Å². The third-order valence-electron chi connectivity index (χ3n) is 4.97. The van der Waals surface area contributed by atoms with Gasteiger partial charge in [0.2, 0.25) is 0 Å². The number of aromatic nitrogens is 3. The smallest absolute Gasteiger partial charge is 0.412 e. The molecule has 1 aromatic heterocycles. The lowest BCUT2D eigenvalue weighted by atomic mass is 10.1. The van der Waals surface area contributed by atoms with E-state index in [9.17, 15) is 9.59 Å². The number of fused-ring (bicyclic) bond motifs is 1. The third-order valence-corrected chi connectivity index (χ3v) is 4.97. The summed E-state index contributed by atoms with van der Waals surface area (Å²) in [7, 11) is 1.60. The summed E-state index contributed by atoms with van der Waals surface area (Å²) < 4.78 is 23.9. The molecule has 4 atom stereocenters. The molecule has 1 aromatic carbocycles. The highest BCUT2D eigenvalue weighted by molar-refractivity contribution is 5.94. The fraction of sp³-hybridized carbons (Fsp3) is 0.474. The number of ether oxygens (including phenoxy) is 4. The second kappa shape index (κ2) is 8.27. The van der Waals surface area contributed by atoms with Crippen LogP contribution in [0.5, 0.6) is 0 Å². The molecule has 2 fully saturated rings. The molecule has 1 amide bonds. The molecule has 0 spiro atoms. The van der Waals surface area contributed by atoms with Crippen molar-refractivity contribution >= 4 is 17.6 Å². The van der Waals surface area contributed by atoms with Crippen molar-refractivity contribution in [2.75, 3.05) is 25.6 Å². The number of nitrogens with one attached hydrogen (secondary N) is 1. The van der Waals surface area contributed by atoms with E-state index in [1.165, 1.54) is 6.92 Å². The Morgan fingerprint density at radius 1 is 1.21 bits per heavy atom. The predicted molar refractivity (Wildman–Crippen MR) is 99.6 cm³/mol. The van der Waals surface area contributed by atoms with E-state index in [0.29, 0.717) is 24.5 Å². The van der Waals surface area contributed by atoms with Crippen LogP contribution in [-0.4, -0.2) is 65.5 Å². The van der Waals surface area contributed by atoms with Crippen LogP contribution in [-0.2, 0) is 25.6 Å². The van der Waals surface area contributed by atoms with Crippen LogP contribution in [0.1, 0.15) is 29.0 Å². The zero-order valence-corrected chi connectivity index (χ0v) is 16.1. The van der Waals surface area contributed by atoms with Crippen molar-refractivity contribution in [3.05, 3.63) is 41.7 Å². The first-order valence-corrected chi connectivity index (χ1v) is 9.26. The zero-order chi connectivity index (χ0) is 20.4. The molecule has 0 unspecified atom stereocenters. The first-order chi connectivity index (χ1) is 14.0. The van der Waals surface area contributed by atoms with Crippen LogP contribution in [0.25, 0.3) is 0 Å². The number of nitrogens with zero attached hydrogens (tertiary/aromatic N) is 3. The van der Waals surface area contributed by atoms with Crippen LogP contribution in [0.3, 0.4) is 0 Å². The number of rotatable bonds is 6. The van der Waals surface area contributed by atoms with Gasteiger partial charge in [-0.05, 0) is 31.2 Å². The van der Waals surface area contributed by atoms with Crippen molar-refractivity contribution in [2.24, 2.45) is 0 Å². The SMILES string of the molecule is COCc1cn([C@H]2CO[C@H]3[C@@H]2OC[C@H]3OC(=O)Nc2ccc(C(C)=O)cc2)nn1. The van der Waals surface area contributed by atoms with Crippen LogP contribution in [0.4, 0.5) is 10.5 Å². The highest BCUT2D eigenvalue weighted by Gasteiger charge is 2.50. The van der Waals surface area contributed by atoms with E-state index in [4.69, 9.17) is 18.9 Å². The van der Waals surface area contributed by atoms with Gasteiger partial charge in [0.25, 0.3) is 0 Å². The topological polar surface area (TPSA) is 114 Å². The summed E-state index contributed by atoms with van der Waals surface area (Å²) in [6.07, 6.45) is 0.0172. The zero-order valence-electron chi connectivity index (χ0n) is 16.1. The summed E-state index contributed by atoms with van der Waals surface area (Å²) in [5.74, 6) is -0.0390. The Morgan fingerprint density at radius 3 is 2.69 bits per heavy atom. The van der Waals surface area contributed by atoms with Crippen molar-refractivity contribution in [2.45, 2.75) is 37.9 Å². The van der Waals surface area contributed by atoms with E-state index in [1.807, 2.05) is 0 Å². The van der Waals surface area contributed by atoms with Crippen molar-refractivity contribution in [3.8, 4) is 0 Å². The number of ketones is 1. The molecule has 10 heteroatoms. The minimum Gasteiger partial charge on any atom is -0.441 e. The number of hydrogen-bond acceptors (Lipinski definition) is 8. The standard InChI is InChI=1S/C19H22N4O6/c1-11(24)12-3-5-13(6-4-12)20-19(25)29-16-10-28-17-15(9-27-18(16)17)23-7-14(8-26-2)21-22-23/h3-7,15-18H,8-10H2,1-2H3,(H,20,25)/t15-,16+,17+,18+/m0/s1. The van der Waals surface area contributed by atoms with Crippen LogP contribution in [0, 0.1) is 0 Å². The minimum absolute atomic E-state index is 0.0390. The molecule has 1 N–H and O–H groups in total. The summed E-state index contributed by atoms with van der Waals surface area (Å²) in [6.45, 7) is 2.49. The highest BCUT2D eigenvalue weighted by Crippen LogP contribution is 2.35. The van der Waals surface area contributed by atoms with Gasteiger partial charge in [0.1, 0.15) is 23.9 Å². The van der Waals surface area contributed by atoms with Crippen molar-refractivity contribution < 1.29 is 28.5 Å². The maximum Gasteiger partial charge on any atom is 0.412 e. The molecule has 0 radical (unpaired) electrons. The maximum absolute atomic E-state index is 12.2. The van der Waals surface area contributed by atoms with Crippen LogP contribution >= 0.6 is 0 Å². The van der Waals surface area contributed by atoms with Crippen LogP contribution in [0.2, 0.25) is 0 Å². The Morgan fingerprint density at radius 2 is 1.97 bits per heavy atom. The molecule has 4 rings (SSSR count). The Bertz CT molecular complexity index is 883. The quantitative estimate of drug-likeness (QED) is 0.725. The number of Topliss-reactive ketones (excluding diaryl/α,β-unsaturated/α-hetero) is 1. The number of hydrogen-bond donors (Lipinski definition) is 1. The molecule has 29 heavy (non-hydrogen) atoms. The maximum atomic E-state index is 12.2. The van der Waals surface area contributed by atoms with E-state index < -0.39 is 12.2 Å². The largest absolute Gasteiger partial charge is 0.441 e. The number of amides is 1. The van der Waals surface area contributed by atoms with Crippen molar-refractivity contribution in [1.82, 2.24) is 15.0 Å². The summed E-state index contributed by atoms with van der Waals surface area (Å²) in [4.78, 5) is 23.6. The van der Waals surface area contributed by atoms with Crippen molar-refractivity contribution in [3.63, 3.8) is 0 Å². The van der Waals surface area contributed by atoms with Gasteiger partial charge >= 0.3 is 6.09 Å².